The van der Waals surface area contributed by atoms with Gasteiger partial charge in [-0.15, -0.1) is 11.3 Å². The summed E-state index contributed by atoms with van der Waals surface area (Å²) in [7, 11) is 0. The molecule has 0 aliphatic rings. The van der Waals surface area contributed by atoms with Gasteiger partial charge in [0.2, 0.25) is 0 Å². The van der Waals surface area contributed by atoms with Gasteiger partial charge in [0.05, 0.1) is 0 Å². The zero-order valence-corrected chi connectivity index (χ0v) is 20.6. The first-order chi connectivity index (χ1) is 17.3. The molecule has 0 atom stereocenters. The first-order valence-electron chi connectivity index (χ1n) is 11.8. The molecular weight excluding hydrogens is 442 g/mol. The maximum absolute atomic E-state index is 3.63. The van der Waals surface area contributed by atoms with Gasteiger partial charge in [0.25, 0.3) is 0 Å². The molecule has 0 radical (unpaired) electrons. The molecule has 1 N–H and O–H groups in total. The van der Waals surface area contributed by atoms with Crippen molar-refractivity contribution >= 4 is 64.4 Å². The lowest BCUT2D eigenvalue weighted by atomic mass is 9.98. The number of para-hydroxylation sites is 1. The number of benzene rings is 5. The molecule has 0 saturated carbocycles. The van der Waals surface area contributed by atoms with Gasteiger partial charge in [-0.3, -0.25) is 0 Å². The van der Waals surface area contributed by atoms with Crippen LogP contribution in [0.15, 0.2) is 134 Å². The van der Waals surface area contributed by atoms with E-state index in [-0.39, 0.29) is 0 Å². The maximum atomic E-state index is 3.63. The van der Waals surface area contributed by atoms with Crippen LogP contribution >= 0.6 is 11.3 Å². The lowest BCUT2D eigenvalue weighted by molar-refractivity contribution is 1.59. The molecular formula is C33H27NS. The van der Waals surface area contributed by atoms with E-state index in [0.717, 1.165) is 11.4 Å². The summed E-state index contributed by atoms with van der Waals surface area (Å²) in [5.74, 6) is 0. The molecule has 2 heteroatoms. The van der Waals surface area contributed by atoms with Crippen LogP contribution in [0.3, 0.4) is 0 Å². The second-order valence-electron chi connectivity index (χ2n) is 8.24. The lowest BCUT2D eigenvalue weighted by Gasteiger charge is -2.11. The van der Waals surface area contributed by atoms with Crippen molar-refractivity contribution < 1.29 is 0 Å². The van der Waals surface area contributed by atoms with Crippen LogP contribution in [-0.2, 0) is 0 Å². The third-order valence-electron chi connectivity index (χ3n) is 5.97. The third-order valence-corrected chi connectivity index (χ3v) is 7.07. The van der Waals surface area contributed by atoms with E-state index < -0.39 is 0 Å². The highest BCUT2D eigenvalue weighted by atomic mass is 32.1. The Morgan fingerprint density at radius 3 is 2.11 bits per heavy atom. The quantitative estimate of drug-likeness (QED) is 0.253. The van der Waals surface area contributed by atoms with Crippen molar-refractivity contribution in [1.29, 1.82) is 0 Å². The van der Waals surface area contributed by atoms with Crippen LogP contribution in [0.1, 0.15) is 6.92 Å². The van der Waals surface area contributed by atoms with Gasteiger partial charge in [-0.2, -0.15) is 0 Å². The van der Waals surface area contributed by atoms with E-state index in [4.69, 9.17) is 0 Å². The Morgan fingerprint density at radius 2 is 1.34 bits per heavy atom. The first-order valence-corrected chi connectivity index (χ1v) is 12.6. The standard InChI is InChI=1S/C26H17NS.C7H10/c1-2-9-18(10-3-1)27-22-16-24-26(21-13-7-6-12-20(21)22)25-19-11-5-4-8-17(19)14-15-23(25)28-24;1-3-5-7-6-4-2/h1-16,27H;3-7H,1H2,2H3/b;6-4-,7-5-. The maximum Gasteiger partial charge on any atom is 0.0478 e. The van der Waals surface area contributed by atoms with Gasteiger partial charge in [-0.05, 0) is 47.3 Å². The zero-order valence-electron chi connectivity index (χ0n) is 19.7. The number of hydrogen-bond acceptors (Lipinski definition) is 2. The van der Waals surface area contributed by atoms with E-state index in [1.165, 1.54) is 41.7 Å². The Balaban J connectivity index is 0.000000320. The summed E-state index contributed by atoms with van der Waals surface area (Å²) in [6, 6.07) is 34.6. The fourth-order valence-corrected chi connectivity index (χ4v) is 5.61. The SMILES string of the molecule is C=C/C=C\C=C/C.c1ccc(Nc2cc3sc4ccc5ccccc5c4c3c3ccccc23)cc1. The number of hydrogen-bond donors (Lipinski definition) is 1. The van der Waals surface area contributed by atoms with Crippen molar-refractivity contribution in [3.63, 3.8) is 0 Å². The van der Waals surface area contributed by atoms with E-state index in [0.29, 0.717) is 0 Å². The number of allylic oxidation sites excluding steroid dienone is 5. The van der Waals surface area contributed by atoms with Crippen LogP contribution in [0, 0.1) is 0 Å². The second kappa shape index (κ2) is 10.4. The van der Waals surface area contributed by atoms with Crippen LogP contribution in [0.4, 0.5) is 11.4 Å². The number of nitrogens with one attached hydrogen (secondary N) is 1. The van der Waals surface area contributed by atoms with Crippen LogP contribution in [0.5, 0.6) is 0 Å². The Morgan fingerprint density at radius 1 is 0.657 bits per heavy atom. The fraction of sp³-hybridized carbons (Fsp3) is 0.0303. The van der Waals surface area contributed by atoms with Crippen molar-refractivity contribution in [2.45, 2.75) is 6.92 Å². The topological polar surface area (TPSA) is 12.0 Å². The smallest absolute Gasteiger partial charge is 0.0478 e. The predicted octanol–water partition coefficient (Wildman–Crippen LogP) is 10.4. The molecule has 0 spiro atoms. The molecule has 0 fully saturated rings. The summed E-state index contributed by atoms with van der Waals surface area (Å²) in [4.78, 5) is 0. The summed E-state index contributed by atoms with van der Waals surface area (Å²) < 4.78 is 2.67. The predicted molar refractivity (Wildman–Crippen MR) is 158 cm³/mol. The minimum atomic E-state index is 1.11. The van der Waals surface area contributed by atoms with Crippen molar-refractivity contribution in [2.24, 2.45) is 0 Å². The number of fused-ring (bicyclic) bond motifs is 7. The van der Waals surface area contributed by atoms with Gasteiger partial charge in [0.15, 0.2) is 0 Å². The highest BCUT2D eigenvalue weighted by molar-refractivity contribution is 7.26. The molecule has 1 aromatic heterocycles. The molecule has 0 aliphatic carbocycles. The Bertz CT molecular complexity index is 1690. The molecule has 6 rings (SSSR count). The minimum absolute atomic E-state index is 1.11. The van der Waals surface area contributed by atoms with Crippen molar-refractivity contribution in [3.8, 4) is 0 Å². The first kappa shape index (κ1) is 22.6. The summed E-state index contributed by atoms with van der Waals surface area (Å²) in [6.45, 7) is 5.49. The highest BCUT2D eigenvalue weighted by Crippen LogP contribution is 2.44. The average molecular weight is 470 g/mol. The van der Waals surface area contributed by atoms with E-state index in [9.17, 15) is 0 Å². The Labute approximate surface area is 210 Å². The molecule has 170 valence electrons. The number of anilines is 2. The molecule has 1 heterocycles. The van der Waals surface area contributed by atoms with Gasteiger partial charge in [0.1, 0.15) is 0 Å². The normalized spacial score (nSPS) is 11.5. The summed E-state index contributed by atoms with van der Waals surface area (Å²) in [6.07, 6.45) is 9.51. The second-order valence-corrected chi connectivity index (χ2v) is 9.33. The molecule has 0 unspecified atom stereocenters. The fourth-order valence-electron chi connectivity index (χ4n) is 4.44. The molecule has 0 saturated heterocycles. The molecule has 35 heavy (non-hydrogen) atoms. The summed E-state index contributed by atoms with van der Waals surface area (Å²) in [5, 5.41) is 11.6. The van der Waals surface area contributed by atoms with Gasteiger partial charge in [0, 0.05) is 36.9 Å². The van der Waals surface area contributed by atoms with Crippen LogP contribution in [0.2, 0.25) is 0 Å². The van der Waals surface area contributed by atoms with Crippen LogP contribution < -0.4 is 5.32 Å². The molecule has 0 aliphatic heterocycles. The van der Waals surface area contributed by atoms with E-state index in [2.05, 4.69) is 103 Å². The zero-order chi connectivity index (χ0) is 24.0. The lowest BCUT2D eigenvalue weighted by Crippen LogP contribution is -1.91. The minimum Gasteiger partial charge on any atom is -0.355 e. The van der Waals surface area contributed by atoms with Gasteiger partial charge in [-0.1, -0.05) is 110 Å². The van der Waals surface area contributed by atoms with E-state index in [1.54, 1.807) is 6.08 Å². The summed E-state index contributed by atoms with van der Waals surface area (Å²) in [5.41, 5.74) is 2.27. The van der Waals surface area contributed by atoms with Crippen LogP contribution in [-0.4, -0.2) is 0 Å². The molecule has 1 nitrogen and oxygen atoms in total. The van der Waals surface area contributed by atoms with Crippen molar-refractivity contribution in [1.82, 2.24) is 0 Å². The monoisotopic (exact) mass is 469 g/mol. The molecule has 0 bridgehead atoms. The molecule has 6 aromatic rings. The van der Waals surface area contributed by atoms with E-state index >= 15 is 0 Å². The number of thiophene rings is 1. The van der Waals surface area contributed by atoms with Crippen molar-refractivity contribution in [2.75, 3.05) is 5.32 Å². The summed E-state index contributed by atoms with van der Waals surface area (Å²) >= 11 is 1.88. The average Bonchev–Trinajstić information content (AvgIpc) is 3.29. The molecule has 5 aromatic carbocycles. The van der Waals surface area contributed by atoms with Gasteiger partial charge >= 0.3 is 0 Å². The number of rotatable bonds is 4. The molecule has 0 amide bonds. The van der Waals surface area contributed by atoms with Gasteiger partial charge < -0.3 is 5.32 Å². The third kappa shape index (κ3) is 4.62. The Hall–Kier alpha value is -4.14. The van der Waals surface area contributed by atoms with Crippen LogP contribution in [0.25, 0.3) is 41.7 Å². The Kier molecular flexibility index (Phi) is 6.74. The van der Waals surface area contributed by atoms with Gasteiger partial charge in [-0.25, -0.2) is 0 Å². The van der Waals surface area contributed by atoms with Crippen molar-refractivity contribution in [3.05, 3.63) is 134 Å². The highest BCUT2D eigenvalue weighted by Gasteiger charge is 2.14. The van der Waals surface area contributed by atoms with E-state index in [1.807, 2.05) is 48.6 Å². The largest absolute Gasteiger partial charge is 0.355 e.